The molecule has 1 aromatic rings. The van der Waals surface area contributed by atoms with Crippen LogP contribution in [-0.4, -0.2) is 42.8 Å². The first-order valence-electron chi connectivity index (χ1n) is 6.11. The van der Waals surface area contributed by atoms with Crippen LogP contribution in [0.3, 0.4) is 0 Å². The van der Waals surface area contributed by atoms with E-state index in [1.165, 1.54) is 7.05 Å². The molecule has 0 aliphatic heterocycles. The first kappa shape index (κ1) is 18.2. The van der Waals surface area contributed by atoms with E-state index in [0.29, 0.717) is 12.5 Å². The molecule has 0 amide bonds. The zero-order chi connectivity index (χ0) is 16.3. The maximum absolute atomic E-state index is 12.4. The Balaban J connectivity index is 2.97. The molecule has 0 bridgehead atoms. The zero-order valence-corrected chi connectivity index (χ0v) is 13.5. The van der Waals surface area contributed by atoms with Crippen molar-refractivity contribution < 1.29 is 21.6 Å². The molecule has 9 heteroatoms. The Bertz CT molecular complexity index is 559. The van der Waals surface area contributed by atoms with E-state index in [9.17, 15) is 21.6 Å². The smallest absolute Gasteiger partial charge is 0.250 e. The molecule has 0 fully saturated rings. The lowest BCUT2D eigenvalue weighted by Gasteiger charge is -2.24. The number of hydrogen-bond acceptors (Lipinski definition) is 4. The highest BCUT2D eigenvalue weighted by molar-refractivity contribution is 7.98. The Kier molecular flexibility index (Phi) is 6.06. The highest BCUT2D eigenvalue weighted by Gasteiger charge is 2.33. The third-order valence-electron chi connectivity index (χ3n) is 3.06. The Morgan fingerprint density at radius 3 is 2.43 bits per heavy atom. The summed E-state index contributed by atoms with van der Waals surface area (Å²) < 4.78 is 63.0. The SMILES string of the molecule is CSCC[C@@H](C)N(C)S(=O)(=O)c1ccc(C(F)(F)F)nc1. The molecule has 0 unspecified atom stereocenters. The normalized spacial score (nSPS) is 14.4. The van der Waals surface area contributed by atoms with E-state index in [-0.39, 0.29) is 10.9 Å². The lowest BCUT2D eigenvalue weighted by atomic mass is 10.3. The third-order valence-corrected chi connectivity index (χ3v) is 5.66. The maximum Gasteiger partial charge on any atom is 0.433 e. The second-order valence-corrected chi connectivity index (χ2v) is 7.51. The second-order valence-electron chi connectivity index (χ2n) is 4.53. The molecule has 0 radical (unpaired) electrons. The summed E-state index contributed by atoms with van der Waals surface area (Å²) in [5.41, 5.74) is -1.11. The van der Waals surface area contributed by atoms with E-state index in [2.05, 4.69) is 4.98 Å². The molecule has 21 heavy (non-hydrogen) atoms. The van der Waals surface area contributed by atoms with Crippen LogP contribution in [-0.2, 0) is 16.2 Å². The van der Waals surface area contributed by atoms with Gasteiger partial charge in [0.15, 0.2) is 0 Å². The minimum Gasteiger partial charge on any atom is -0.250 e. The predicted octanol–water partition coefficient (Wildman–Crippen LogP) is 2.86. The van der Waals surface area contributed by atoms with Crippen LogP contribution in [0.4, 0.5) is 13.2 Å². The summed E-state index contributed by atoms with van der Waals surface area (Å²) >= 11 is 1.60. The van der Waals surface area contributed by atoms with Gasteiger partial charge in [0.2, 0.25) is 10.0 Å². The molecule has 0 aromatic carbocycles. The van der Waals surface area contributed by atoms with Crippen LogP contribution in [0.25, 0.3) is 0 Å². The number of nitrogens with zero attached hydrogens (tertiary/aromatic N) is 2. The van der Waals surface area contributed by atoms with Gasteiger partial charge in [-0.25, -0.2) is 8.42 Å². The van der Waals surface area contributed by atoms with Gasteiger partial charge >= 0.3 is 6.18 Å². The molecule has 4 nitrogen and oxygen atoms in total. The van der Waals surface area contributed by atoms with E-state index in [1.54, 1.807) is 18.7 Å². The van der Waals surface area contributed by atoms with Crippen molar-refractivity contribution in [2.45, 2.75) is 30.5 Å². The Morgan fingerprint density at radius 2 is 2.00 bits per heavy atom. The molecular formula is C12H17F3N2O2S2. The summed E-state index contributed by atoms with van der Waals surface area (Å²) in [7, 11) is -2.42. The number of thioether (sulfide) groups is 1. The Morgan fingerprint density at radius 1 is 1.38 bits per heavy atom. The van der Waals surface area contributed by atoms with Gasteiger partial charge in [0, 0.05) is 19.3 Å². The van der Waals surface area contributed by atoms with Crippen molar-refractivity contribution in [2.75, 3.05) is 19.1 Å². The zero-order valence-electron chi connectivity index (χ0n) is 11.9. The molecule has 1 rings (SSSR count). The van der Waals surface area contributed by atoms with Crippen molar-refractivity contribution in [3.8, 4) is 0 Å². The first-order chi connectivity index (χ1) is 9.60. The fraction of sp³-hybridized carbons (Fsp3) is 0.583. The predicted molar refractivity (Wildman–Crippen MR) is 76.6 cm³/mol. The lowest BCUT2D eigenvalue weighted by molar-refractivity contribution is -0.141. The molecule has 1 aromatic heterocycles. The van der Waals surface area contributed by atoms with E-state index in [1.807, 2.05) is 6.26 Å². The molecule has 1 atom stereocenters. The van der Waals surface area contributed by atoms with Crippen LogP contribution < -0.4 is 0 Å². The quantitative estimate of drug-likeness (QED) is 0.798. The van der Waals surface area contributed by atoms with Crippen molar-refractivity contribution in [1.82, 2.24) is 9.29 Å². The number of hydrogen-bond donors (Lipinski definition) is 0. The summed E-state index contributed by atoms with van der Waals surface area (Å²) in [6.45, 7) is 1.76. The average molecular weight is 342 g/mol. The van der Waals surface area contributed by atoms with Gasteiger partial charge < -0.3 is 0 Å². The summed E-state index contributed by atoms with van der Waals surface area (Å²) in [5, 5.41) is 0. The van der Waals surface area contributed by atoms with Gasteiger partial charge in [-0.15, -0.1) is 0 Å². The summed E-state index contributed by atoms with van der Waals surface area (Å²) in [6.07, 6.45) is -1.26. The molecule has 0 aliphatic carbocycles. The average Bonchev–Trinajstić information content (AvgIpc) is 2.43. The largest absolute Gasteiger partial charge is 0.433 e. The monoisotopic (exact) mass is 342 g/mol. The molecule has 0 saturated heterocycles. The van der Waals surface area contributed by atoms with Crippen LogP contribution in [0, 0.1) is 0 Å². The minimum atomic E-state index is -4.58. The van der Waals surface area contributed by atoms with Gasteiger partial charge in [-0.1, -0.05) is 0 Å². The van der Waals surface area contributed by atoms with Crippen LogP contribution in [0.15, 0.2) is 23.2 Å². The molecule has 120 valence electrons. The van der Waals surface area contributed by atoms with Gasteiger partial charge in [-0.2, -0.15) is 29.2 Å². The van der Waals surface area contributed by atoms with Crippen LogP contribution in [0.5, 0.6) is 0 Å². The van der Waals surface area contributed by atoms with Gasteiger partial charge in [-0.05, 0) is 37.5 Å². The van der Waals surface area contributed by atoms with Gasteiger partial charge in [0.1, 0.15) is 10.6 Å². The molecular weight excluding hydrogens is 325 g/mol. The van der Waals surface area contributed by atoms with E-state index in [4.69, 9.17) is 0 Å². The molecule has 0 saturated carbocycles. The van der Waals surface area contributed by atoms with E-state index in [0.717, 1.165) is 22.3 Å². The number of pyridine rings is 1. The highest BCUT2D eigenvalue weighted by Crippen LogP contribution is 2.28. The topological polar surface area (TPSA) is 50.3 Å². The standard InChI is InChI=1S/C12H17F3N2O2S2/c1-9(6-7-20-3)17(2)21(18,19)10-4-5-11(16-8-10)12(13,14)15/h4-5,8-9H,6-7H2,1-3H3/t9-/m1/s1. The number of alkyl halides is 3. The maximum atomic E-state index is 12.4. The fourth-order valence-electron chi connectivity index (χ4n) is 1.57. The van der Waals surface area contributed by atoms with Gasteiger partial charge in [0.25, 0.3) is 0 Å². The second kappa shape index (κ2) is 6.97. The van der Waals surface area contributed by atoms with Crippen molar-refractivity contribution in [3.63, 3.8) is 0 Å². The summed E-state index contributed by atoms with van der Waals surface area (Å²) in [6, 6.07) is 1.36. The van der Waals surface area contributed by atoms with Crippen LogP contribution >= 0.6 is 11.8 Å². The number of sulfonamides is 1. The fourth-order valence-corrected chi connectivity index (χ4v) is 3.49. The lowest BCUT2D eigenvalue weighted by Crippen LogP contribution is -2.35. The third kappa shape index (κ3) is 4.58. The summed E-state index contributed by atoms with van der Waals surface area (Å²) in [4.78, 5) is 2.94. The minimum absolute atomic E-state index is 0.242. The molecule has 0 N–H and O–H groups in total. The van der Waals surface area contributed by atoms with Crippen molar-refractivity contribution in [3.05, 3.63) is 24.0 Å². The Labute approximate surface area is 126 Å². The van der Waals surface area contributed by atoms with E-state index >= 15 is 0 Å². The Hall–Kier alpha value is -0.800. The molecule has 1 heterocycles. The van der Waals surface area contributed by atoms with Crippen molar-refractivity contribution >= 4 is 21.8 Å². The first-order valence-corrected chi connectivity index (χ1v) is 8.94. The van der Waals surface area contributed by atoms with Gasteiger partial charge in [-0.3, -0.25) is 4.98 Å². The van der Waals surface area contributed by atoms with Crippen molar-refractivity contribution in [2.24, 2.45) is 0 Å². The molecule has 0 aliphatic rings. The van der Waals surface area contributed by atoms with Gasteiger partial charge in [0.05, 0.1) is 0 Å². The van der Waals surface area contributed by atoms with Crippen LogP contribution in [0.1, 0.15) is 19.0 Å². The molecule has 0 spiro atoms. The number of aromatic nitrogens is 1. The highest BCUT2D eigenvalue weighted by atomic mass is 32.2. The summed E-state index contributed by atoms with van der Waals surface area (Å²) in [5.74, 6) is 0.798. The number of rotatable bonds is 6. The number of halogens is 3. The van der Waals surface area contributed by atoms with E-state index < -0.39 is 21.9 Å². The van der Waals surface area contributed by atoms with Crippen molar-refractivity contribution in [1.29, 1.82) is 0 Å². The van der Waals surface area contributed by atoms with Crippen LogP contribution in [0.2, 0.25) is 0 Å².